The lowest BCUT2D eigenvalue weighted by atomic mass is 9.79. The Kier molecular flexibility index (Phi) is 5.77. The van der Waals surface area contributed by atoms with Crippen molar-refractivity contribution in [2.45, 2.75) is 96.9 Å². The van der Waals surface area contributed by atoms with E-state index >= 15 is 0 Å². The van der Waals surface area contributed by atoms with Gasteiger partial charge in [0.05, 0.1) is 11.1 Å². The molecule has 0 aliphatic carbocycles. The van der Waals surface area contributed by atoms with Crippen LogP contribution >= 0.6 is 0 Å². The van der Waals surface area contributed by atoms with Crippen molar-refractivity contribution in [2.75, 3.05) is 0 Å². The van der Waals surface area contributed by atoms with Crippen LogP contribution in [0.2, 0.25) is 0 Å². The average Bonchev–Trinajstić information content (AvgIpc) is 2.43. The van der Waals surface area contributed by atoms with Crippen molar-refractivity contribution >= 4 is 5.91 Å². The van der Waals surface area contributed by atoms with Crippen molar-refractivity contribution in [3.63, 3.8) is 0 Å². The molecule has 0 unspecified atom stereocenters. The highest BCUT2D eigenvalue weighted by Gasteiger charge is 2.42. The summed E-state index contributed by atoms with van der Waals surface area (Å²) in [4.78, 5) is 12.6. The largest absolute Gasteiger partial charge is 0.481 e. The highest BCUT2D eigenvalue weighted by Crippen LogP contribution is 2.25. The van der Waals surface area contributed by atoms with Gasteiger partial charge in [0.25, 0.3) is 5.91 Å². The van der Waals surface area contributed by atoms with Crippen molar-refractivity contribution in [1.29, 1.82) is 0 Å². The molecule has 26 heavy (non-hydrogen) atoms. The summed E-state index contributed by atoms with van der Waals surface area (Å²) < 4.78 is 5.87. The van der Waals surface area contributed by atoms with E-state index in [-0.39, 0.29) is 28.4 Å². The smallest absolute Gasteiger partial charge is 0.261 e. The molecule has 146 valence electrons. The predicted molar refractivity (Wildman–Crippen MR) is 106 cm³/mol. The van der Waals surface area contributed by atoms with Crippen LogP contribution in [-0.4, -0.2) is 29.1 Å². The number of amides is 1. The maximum Gasteiger partial charge on any atom is 0.261 e. The van der Waals surface area contributed by atoms with E-state index in [0.29, 0.717) is 0 Å². The molecule has 0 spiro atoms. The summed E-state index contributed by atoms with van der Waals surface area (Å²) in [6.45, 7) is 17.3. The number of benzene rings is 1. The van der Waals surface area contributed by atoms with E-state index in [9.17, 15) is 4.79 Å². The number of hydrogen-bond donors (Lipinski definition) is 2. The van der Waals surface area contributed by atoms with Gasteiger partial charge < -0.3 is 15.4 Å². The molecule has 0 bridgehead atoms. The van der Waals surface area contributed by atoms with E-state index in [4.69, 9.17) is 4.74 Å². The molecule has 0 aromatic heterocycles. The third kappa shape index (κ3) is 5.73. The van der Waals surface area contributed by atoms with Gasteiger partial charge in [-0.1, -0.05) is 32.9 Å². The van der Waals surface area contributed by atoms with Crippen LogP contribution in [0.15, 0.2) is 24.3 Å². The van der Waals surface area contributed by atoms with Crippen molar-refractivity contribution in [2.24, 2.45) is 0 Å². The molecular formula is C22H37N2O2+. The predicted octanol–water partition coefficient (Wildman–Crippen LogP) is 3.15. The van der Waals surface area contributed by atoms with Crippen LogP contribution in [0.4, 0.5) is 0 Å². The van der Waals surface area contributed by atoms with Crippen LogP contribution in [0.5, 0.6) is 5.75 Å². The SMILES string of the molecule is C[C@@H](Oc1ccc(C(C)(C)C)cc1)C(=O)NC1CC(C)(C)[NH2+]C(C)(C)C1. The van der Waals surface area contributed by atoms with E-state index < -0.39 is 6.10 Å². The summed E-state index contributed by atoms with van der Waals surface area (Å²) in [7, 11) is 0. The van der Waals surface area contributed by atoms with Gasteiger partial charge in [-0.3, -0.25) is 4.79 Å². The number of piperidine rings is 1. The van der Waals surface area contributed by atoms with Crippen LogP contribution in [0.3, 0.4) is 0 Å². The van der Waals surface area contributed by atoms with Crippen molar-refractivity contribution < 1.29 is 14.8 Å². The van der Waals surface area contributed by atoms with Gasteiger partial charge >= 0.3 is 0 Å². The summed E-state index contributed by atoms with van der Waals surface area (Å²) in [5, 5.41) is 5.62. The molecule has 1 fully saturated rings. The van der Waals surface area contributed by atoms with Gasteiger partial charge in [-0.15, -0.1) is 0 Å². The molecule has 0 radical (unpaired) electrons. The number of nitrogens with two attached hydrogens (primary N) is 1. The van der Waals surface area contributed by atoms with Crippen molar-refractivity contribution in [3.8, 4) is 5.75 Å². The Morgan fingerprint density at radius 1 is 1.12 bits per heavy atom. The number of carbonyl (C=O) groups excluding carboxylic acids is 1. The van der Waals surface area contributed by atoms with Crippen LogP contribution in [-0.2, 0) is 10.2 Å². The van der Waals surface area contributed by atoms with E-state index in [2.05, 4.69) is 71.2 Å². The lowest BCUT2D eigenvalue weighted by Crippen LogP contribution is -3.06. The van der Waals surface area contributed by atoms with E-state index in [0.717, 1.165) is 18.6 Å². The summed E-state index contributed by atoms with van der Waals surface area (Å²) in [6, 6.07) is 8.23. The van der Waals surface area contributed by atoms with Crippen LogP contribution in [0.1, 0.15) is 73.8 Å². The van der Waals surface area contributed by atoms with E-state index in [1.807, 2.05) is 19.1 Å². The van der Waals surface area contributed by atoms with E-state index in [1.165, 1.54) is 5.56 Å². The van der Waals surface area contributed by atoms with Crippen LogP contribution in [0.25, 0.3) is 0 Å². The first-order valence-corrected chi connectivity index (χ1v) is 9.72. The monoisotopic (exact) mass is 361 g/mol. The molecule has 3 N–H and O–H groups in total. The molecule has 1 aromatic rings. The molecule has 2 rings (SSSR count). The van der Waals surface area contributed by atoms with Crippen LogP contribution in [0, 0.1) is 0 Å². The Labute approximate surface area is 159 Å². The zero-order valence-electron chi connectivity index (χ0n) is 17.8. The summed E-state index contributed by atoms with van der Waals surface area (Å²) in [6.07, 6.45) is 1.43. The summed E-state index contributed by atoms with van der Waals surface area (Å²) in [5.74, 6) is 0.696. The molecule has 1 atom stereocenters. The number of hydrogen-bond acceptors (Lipinski definition) is 2. The molecule has 1 aromatic carbocycles. The Balaban J connectivity index is 1.95. The minimum absolute atomic E-state index is 0.0385. The van der Waals surface area contributed by atoms with Gasteiger partial charge in [0.1, 0.15) is 5.75 Å². The summed E-state index contributed by atoms with van der Waals surface area (Å²) >= 11 is 0. The molecule has 1 heterocycles. The fourth-order valence-corrected chi connectivity index (χ4v) is 4.23. The lowest BCUT2D eigenvalue weighted by molar-refractivity contribution is -0.787. The lowest BCUT2D eigenvalue weighted by Gasteiger charge is -2.43. The zero-order chi connectivity index (χ0) is 19.8. The highest BCUT2D eigenvalue weighted by molar-refractivity contribution is 5.81. The quantitative estimate of drug-likeness (QED) is 0.865. The Morgan fingerprint density at radius 3 is 2.08 bits per heavy atom. The number of ether oxygens (including phenoxy) is 1. The summed E-state index contributed by atoms with van der Waals surface area (Å²) in [5.41, 5.74) is 1.63. The second-order valence-corrected chi connectivity index (χ2v) is 10.3. The third-order valence-corrected chi connectivity index (χ3v) is 5.08. The number of quaternary nitrogens is 1. The Morgan fingerprint density at radius 2 is 1.62 bits per heavy atom. The molecule has 1 aliphatic heterocycles. The first-order chi connectivity index (χ1) is 11.8. The Bertz CT molecular complexity index is 611. The fourth-order valence-electron chi connectivity index (χ4n) is 4.23. The van der Waals surface area contributed by atoms with Gasteiger partial charge in [0.15, 0.2) is 6.10 Å². The van der Waals surface area contributed by atoms with Crippen molar-refractivity contribution in [3.05, 3.63) is 29.8 Å². The maximum absolute atomic E-state index is 12.6. The van der Waals surface area contributed by atoms with Gasteiger partial charge in [-0.2, -0.15) is 0 Å². The van der Waals surface area contributed by atoms with Gasteiger partial charge in [0, 0.05) is 18.9 Å². The van der Waals surface area contributed by atoms with Gasteiger partial charge in [0.2, 0.25) is 0 Å². The topological polar surface area (TPSA) is 54.9 Å². The van der Waals surface area contributed by atoms with E-state index in [1.54, 1.807) is 0 Å². The molecule has 1 amide bonds. The van der Waals surface area contributed by atoms with Gasteiger partial charge in [-0.25, -0.2) is 0 Å². The molecular weight excluding hydrogens is 324 g/mol. The van der Waals surface area contributed by atoms with Crippen LogP contribution < -0.4 is 15.4 Å². The number of rotatable bonds is 4. The number of carbonyl (C=O) groups is 1. The fraction of sp³-hybridized carbons (Fsp3) is 0.682. The zero-order valence-corrected chi connectivity index (χ0v) is 17.8. The average molecular weight is 362 g/mol. The van der Waals surface area contributed by atoms with Gasteiger partial charge in [-0.05, 0) is 57.7 Å². The van der Waals surface area contributed by atoms with Crippen molar-refractivity contribution in [1.82, 2.24) is 5.32 Å². The normalized spacial score (nSPS) is 21.1. The highest BCUT2D eigenvalue weighted by atomic mass is 16.5. The molecule has 1 saturated heterocycles. The third-order valence-electron chi connectivity index (χ3n) is 5.08. The molecule has 4 heteroatoms. The second kappa shape index (κ2) is 7.22. The standard InChI is InChI=1S/C22H36N2O2/c1-15(26-18-11-9-16(10-12-18)20(2,3)4)19(25)23-17-13-21(5,6)24-22(7,8)14-17/h9-12,15,17,24H,13-14H2,1-8H3,(H,23,25)/p+1/t15-/m1/s1. The molecule has 1 aliphatic rings. The minimum Gasteiger partial charge on any atom is -0.481 e. The second-order valence-electron chi connectivity index (χ2n) is 10.3. The number of nitrogens with one attached hydrogen (secondary N) is 1. The minimum atomic E-state index is -0.507. The Hall–Kier alpha value is -1.55. The first kappa shape index (κ1) is 20.8. The maximum atomic E-state index is 12.6. The molecule has 4 nitrogen and oxygen atoms in total. The molecule has 0 saturated carbocycles. The first-order valence-electron chi connectivity index (χ1n) is 9.72.